The first kappa shape index (κ1) is 26.0. The van der Waals surface area contributed by atoms with Gasteiger partial charge < -0.3 is 24.1 Å². The highest BCUT2D eigenvalue weighted by molar-refractivity contribution is 6.69. The Morgan fingerprint density at radius 2 is 1.76 bits per heavy atom. The summed E-state index contributed by atoms with van der Waals surface area (Å²) < 4.78 is 18.3. The molecule has 33 heavy (non-hydrogen) atoms. The average Bonchev–Trinajstić information content (AvgIpc) is 3.29. The van der Waals surface area contributed by atoms with Gasteiger partial charge in [0.15, 0.2) is 19.8 Å². The topological polar surface area (TPSA) is 60.0 Å². The van der Waals surface area contributed by atoms with Crippen molar-refractivity contribution >= 4 is 14.2 Å². The quantitative estimate of drug-likeness (QED) is 0.310. The number of amides is 1. The minimum absolute atomic E-state index is 0.0967. The second kappa shape index (κ2) is 12.8. The highest BCUT2D eigenvalue weighted by Gasteiger charge is 2.33. The van der Waals surface area contributed by atoms with E-state index in [0.29, 0.717) is 19.6 Å². The largest absolute Gasteiger partial charge is 0.486 e. The van der Waals surface area contributed by atoms with E-state index in [2.05, 4.69) is 42.8 Å². The fourth-order valence-corrected chi connectivity index (χ4v) is 5.69. The van der Waals surface area contributed by atoms with Crippen molar-refractivity contribution in [3.05, 3.63) is 23.8 Å². The van der Waals surface area contributed by atoms with Gasteiger partial charge in [0.2, 0.25) is 5.91 Å². The number of hydrogen-bond donors (Lipinski definition) is 1. The van der Waals surface area contributed by atoms with Crippen LogP contribution in [0.25, 0.3) is 0 Å². The van der Waals surface area contributed by atoms with Gasteiger partial charge in [-0.25, -0.2) is 0 Å². The highest BCUT2D eigenvalue weighted by atomic mass is 28.4. The van der Waals surface area contributed by atoms with Gasteiger partial charge in [-0.05, 0) is 69.7 Å². The Morgan fingerprint density at radius 1 is 1.06 bits per heavy atom. The number of carbonyl (C=O) groups excluding carboxylic acids is 1. The lowest BCUT2D eigenvalue weighted by Gasteiger charge is -2.36. The Hall–Kier alpha value is -1.57. The summed E-state index contributed by atoms with van der Waals surface area (Å²) >= 11 is 0. The number of nitrogens with zero attached hydrogens (tertiary/aromatic N) is 1. The first-order chi connectivity index (χ1) is 15.9. The summed E-state index contributed by atoms with van der Waals surface area (Å²) in [5.74, 6) is 1.69. The highest BCUT2D eigenvalue weighted by Crippen LogP contribution is 2.36. The molecule has 0 saturated carbocycles. The molecule has 2 atom stereocenters. The molecule has 3 rings (SSSR count). The van der Waals surface area contributed by atoms with Crippen molar-refractivity contribution in [2.75, 3.05) is 32.8 Å². The summed E-state index contributed by atoms with van der Waals surface area (Å²) in [5.41, 5.74) is 1.05. The summed E-state index contributed by atoms with van der Waals surface area (Å²) in [6.45, 7) is 13.0. The van der Waals surface area contributed by atoms with Crippen molar-refractivity contribution in [1.29, 1.82) is 0 Å². The molecule has 6 nitrogen and oxygen atoms in total. The lowest BCUT2D eigenvalue weighted by molar-refractivity contribution is -0.122. The maximum absolute atomic E-state index is 13.0. The molecule has 1 saturated heterocycles. The van der Waals surface area contributed by atoms with Crippen molar-refractivity contribution in [2.24, 2.45) is 0 Å². The van der Waals surface area contributed by atoms with Crippen LogP contribution in [0.15, 0.2) is 18.2 Å². The van der Waals surface area contributed by atoms with Crippen molar-refractivity contribution in [3.63, 3.8) is 0 Å². The molecule has 0 bridgehead atoms. The van der Waals surface area contributed by atoms with Crippen molar-refractivity contribution in [3.8, 4) is 11.5 Å². The fraction of sp³-hybridized carbons (Fsp3) is 0.731. The number of benzene rings is 1. The molecule has 2 aliphatic heterocycles. The number of rotatable bonds is 13. The Balaban J connectivity index is 1.78. The van der Waals surface area contributed by atoms with Gasteiger partial charge in [-0.2, -0.15) is 0 Å². The van der Waals surface area contributed by atoms with Gasteiger partial charge in [0, 0.05) is 13.0 Å². The predicted molar refractivity (Wildman–Crippen MR) is 136 cm³/mol. The number of nitrogens with one attached hydrogen (secondary N) is 1. The van der Waals surface area contributed by atoms with E-state index in [1.165, 1.54) is 32.1 Å². The van der Waals surface area contributed by atoms with Gasteiger partial charge >= 0.3 is 0 Å². The third-order valence-corrected chi connectivity index (χ3v) is 7.21. The number of unbranched alkanes of at least 4 members (excludes halogenated alkanes) is 4. The number of fused-ring (bicyclic) bond motifs is 1. The van der Waals surface area contributed by atoms with E-state index >= 15 is 0 Å². The van der Waals surface area contributed by atoms with Gasteiger partial charge in [-0.15, -0.1) is 0 Å². The van der Waals surface area contributed by atoms with Crippen LogP contribution in [-0.2, 0) is 9.22 Å². The van der Waals surface area contributed by atoms with E-state index in [1.54, 1.807) is 0 Å². The summed E-state index contributed by atoms with van der Waals surface area (Å²) in [5, 5.41) is 3.38. The lowest BCUT2D eigenvalue weighted by atomic mass is 10.0. The molecule has 0 radical (unpaired) electrons. The van der Waals surface area contributed by atoms with Crippen LogP contribution in [0.1, 0.15) is 70.0 Å². The van der Waals surface area contributed by atoms with E-state index < -0.39 is 8.32 Å². The Labute approximate surface area is 201 Å². The summed E-state index contributed by atoms with van der Waals surface area (Å²) in [6, 6.07) is 6.01. The van der Waals surface area contributed by atoms with Crippen LogP contribution in [0.5, 0.6) is 11.5 Å². The summed E-state index contributed by atoms with van der Waals surface area (Å²) in [7, 11) is -1.89. The zero-order valence-electron chi connectivity index (χ0n) is 21.2. The van der Waals surface area contributed by atoms with Gasteiger partial charge in [-0.1, -0.05) is 38.7 Å². The van der Waals surface area contributed by atoms with Crippen molar-refractivity contribution in [1.82, 2.24) is 10.2 Å². The predicted octanol–water partition coefficient (Wildman–Crippen LogP) is 5.29. The molecule has 1 aromatic rings. The monoisotopic (exact) mass is 476 g/mol. The third kappa shape index (κ3) is 8.61. The fourth-order valence-electron chi connectivity index (χ4n) is 4.63. The third-order valence-electron chi connectivity index (χ3n) is 6.25. The van der Waals surface area contributed by atoms with E-state index in [-0.39, 0.29) is 18.1 Å². The molecule has 186 valence electrons. The second-order valence-electron chi connectivity index (χ2n) is 10.4. The second-order valence-corrected chi connectivity index (χ2v) is 14.9. The lowest BCUT2D eigenvalue weighted by Crippen LogP contribution is -2.49. The minimum atomic E-state index is -1.89. The van der Waals surface area contributed by atoms with Crippen LogP contribution < -0.4 is 14.8 Å². The molecule has 0 aromatic heterocycles. The van der Waals surface area contributed by atoms with Gasteiger partial charge in [0.1, 0.15) is 13.2 Å². The molecule has 0 aliphatic carbocycles. The number of hydrogen-bond acceptors (Lipinski definition) is 5. The van der Waals surface area contributed by atoms with Crippen LogP contribution in [0.3, 0.4) is 0 Å². The number of ether oxygens (including phenoxy) is 2. The molecule has 2 unspecified atom stereocenters. The van der Waals surface area contributed by atoms with Crippen LogP contribution in [0.2, 0.25) is 19.6 Å². The summed E-state index contributed by atoms with van der Waals surface area (Å²) in [4.78, 5) is 15.4. The van der Waals surface area contributed by atoms with E-state index in [4.69, 9.17) is 13.9 Å². The van der Waals surface area contributed by atoms with Crippen molar-refractivity contribution in [2.45, 2.75) is 90.1 Å². The van der Waals surface area contributed by atoms with E-state index in [0.717, 1.165) is 49.5 Å². The average molecular weight is 477 g/mol. The maximum atomic E-state index is 13.0. The molecule has 1 N–H and O–H groups in total. The SMILES string of the molecule is CCCCCCCC(=O)NC(CN1CCCC1)C(O[Si](C)(C)C)c1ccc2c(c1)OCCO2. The molecule has 1 amide bonds. The smallest absolute Gasteiger partial charge is 0.220 e. The zero-order valence-corrected chi connectivity index (χ0v) is 22.2. The molecular formula is C26H44N2O4Si. The van der Waals surface area contributed by atoms with Crippen LogP contribution >= 0.6 is 0 Å². The van der Waals surface area contributed by atoms with Gasteiger partial charge in [0.05, 0.1) is 12.1 Å². The van der Waals surface area contributed by atoms with Gasteiger partial charge in [-0.3, -0.25) is 4.79 Å². The van der Waals surface area contributed by atoms with E-state index in [1.807, 2.05) is 12.1 Å². The number of likely N-dealkylation sites (tertiary alicyclic amines) is 1. The zero-order chi connectivity index (χ0) is 23.7. The van der Waals surface area contributed by atoms with Crippen LogP contribution in [0, 0.1) is 0 Å². The summed E-state index contributed by atoms with van der Waals surface area (Å²) in [6.07, 6.45) is 8.56. The van der Waals surface area contributed by atoms with E-state index in [9.17, 15) is 4.79 Å². The Morgan fingerprint density at radius 3 is 2.45 bits per heavy atom. The molecular weight excluding hydrogens is 432 g/mol. The number of carbonyl (C=O) groups is 1. The minimum Gasteiger partial charge on any atom is -0.486 e. The normalized spacial score (nSPS) is 18.2. The molecule has 2 heterocycles. The molecule has 1 aromatic carbocycles. The van der Waals surface area contributed by atoms with Crippen LogP contribution in [0.4, 0.5) is 0 Å². The molecule has 7 heteroatoms. The van der Waals surface area contributed by atoms with Crippen LogP contribution in [-0.4, -0.2) is 58.0 Å². The molecule has 0 spiro atoms. The Kier molecular flexibility index (Phi) is 10.1. The molecule has 2 aliphatic rings. The standard InChI is InChI=1S/C26H44N2O4Si/c1-5-6-7-8-9-12-25(29)27-22(20-28-15-10-11-16-28)26(32-33(2,3)4)21-13-14-23-24(19-21)31-18-17-30-23/h13-14,19,22,26H,5-12,15-18,20H2,1-4H3,(H,27,29). The van der Waals surface area contributed by atoms with Crippen molar-refractivity contribution < 1.29 is 18.7 Å². The Bertz CT molecular complexity index is 746. The first-order valence-corrected chi connectivity index (χ1v) is 16.4. The molecule has 1 fully saturated rings. The van der Waals surface area contributed by atoms with Gasteiger partial charge in [0.25, 0.3) is 0 Å². The first-order valence-electron chi connectivity index (χ1n) is 12.9. The maximum Gasteiger partial charge on any atom is 0.220 e.